The van der Waals surface area contributed by atoms with E-state index in [4.69, 9.17) is 4.18 Å². The first-order valence-corrected chi connectivity index (χ1v) is 10.2. The van der Waals surface area contributed by atoms with E-state index in [0.717, 1.165) is 29.4 Å². The van der Waals surface area contributed by atoms with Crippen LogP contribution in [0.2, 0.25) is 0 Å². The van der Waals surface area contributed by atoms with Crippen molar-refractivity contribution in [1.82, 2.24) is 4.90 Å². The fourth-order valence-corrected chi connectivity index (χ4v) is 3.59. The molecule has 1 aliphatic rings. The molecule has 1 aliphatic heterocycles. The van der Waals surface area contributed by atoms with Gasteiger partial charge in [-0.05, 0) is 56.1 Å². The first-order valence-electron chi connectivity index (χ1n) is 9.45. The average Bonchev–Trinajstić information content (AvgIpc) is 2.77. The Balaban J connectivity index is 1.52. The maximum absolute atomic E-state index is 12.5. The Morgan fingerprint density at radius 3 is 2.31 bits per heavy atom. The molecule has 0 aliphatic carbocycles. The number of piperazine rings is 1. The molecule has 29 heavy (non-hydrogen) atoms. The van der Waals surface area contributed by atoms with Crippen molar-refractivity contribution in [1.29, 1.82) is 0 Å². The number of anilines is 1. The molecule has 0 atom stereocenters. The van der Waals surface area contributed by atoms with Crippen LogP contribution in [0.25, 0.3) is 0 Å². The minimum Gasteiger partial charge on any atom is -0.421 e. The Morgan fingerprint density at radius 1 is 1.07 bits per heavy atom. The number of amides is 1. The SMILES string of the molecule is C=C/C=C(\N=C)C(=O)N1CCN(c2ccc(OSc3ccc(C)cc3)cc2)CC1. The van der Waals surface area contributed by atoms with Crippen molar-refractivity contribution in [2.45, 2.75) is 11.8 Å². The molecule has 0 saturated carbocycles. The van der Waals surface area contributed by atoms with Crippen molar-refractivity contribution < 1.29 is 8.98 Å². The minimum atomic E-state index is -0.101. The Morgan fingerprint density at radius 2 is 1.72 bits per heavy atom. The zero-order chi connectivity index (χ0) is 20.6. The standard InChI is InChI=1S/C23H25N3O2S/c1-4-5-22(24-3)23(27)26-16-14-25(15-17-26)19-8-10-20(11-9-19)28-29-21-12-6-18(2)7-13-21/h4-13H,1,3,14-17H2,2H3/b22-5-. The summed E-state index contributed by atoms with van der Waals surface area (Å²) in [7, 11) is 0. The van der Waals surface area contributed by atoms with Gasteiger partial charge in [0.25, 0.3) is 5.91 Å². The van der Waals surface area contributed by atoms with Gasteiger partial charge in [0.15, 0.2) is 0 Å². The maximum atomic E-state index is 12.5. The van der Waals surface area contributed by atoms with E-state index in [1.54, 1.807) is 17.1 Å². The summed E-state index contributed by atoms with van der Waals surface area (Å²) in [5.41, 5.74) is 2.68. The summed E-state index contributed by atoms with van der Waals surface area (Å²) in [4.78, 5) is 21.4. The van der Waals surface area contributed by atoms with Crippen LogP contribution in [0.15, 0.2) is 82.8 Å². The normalized spacial score (nSPS) is 14.4. The van der Waals surface area contributed by atoms with Crippen molar-refractivity contribution in [2.75, 3.05) is 31.1 Å². The molecule has 6 heteroatoms. The van der Waals surface area contributed by atoms with Gasteiger partial charge >= 0.3 is 0 Å². The zero-order valence-corrected chi connectivity index (χ0v) is 17.4. The molecule has 5 nitrogen and oxygen atoms in total. The second-order valence-corrected chi connectivity index (χ2v) is 7.50. The van der Waals surface area contributed by atoms with E-state index in [1.807, 2.05) is 24.3 Å². The topological polar surface area (TPSA) is 45.1 Å². The molecule has 0 aromatic heterocycles. The van der Waals surface area contributed by atoms with Crippen LogP contribution in [0.5, 0.6) is 5.75 Å². The Labute approximate surface area is 176 Å². The smallest absolute Gasteiger partial charge is 0.272 e. The summed E-state index contributed by atoms with van der Waals surface area (Å²) >= 11 is 1.35. The molecule has 1 heterocycles. The molecule has 2 aromatic carbocycles. The molecule has 2 aromatic rings. The number of aliphatic imine (C=N–C) groups is 1. The van der Waals surface area contributed by atoms with Crippen molar-refractivity contribution >= 4 is 30.4 Å². The third kappa shape index (κ3) is 5.51. The zero-order valence-electron chi connectivity index (χ0n) is 16.6. The van der Waals surface area contributed by atoms with Crippen molar-refractivity contribution in [3.8, 4) is 5.75 Å². The number of hydrogen-bond acceptors (Lipinski definition) is 5. The minimum absolute atomic E-state index is 0.101. The van der Waals surface area contributed by atoms with Crippen LogP contribution in [0, 0.1) is 6.92 Å². The highest BCUT2D eigenvalue weighted by atomic mass is 32.2. The number of carbonyl (C=O) groups excluding carboxylic acids is 1. The number of carbonyl (C=O) groups is 1. The van der Waals surface area contributed by atoms with Gasteiger partial charge in [0.1, 0.15) is 11.4 Å². The van der Waals surface area contributed by atoms with Crippen LogP contribution >= 0.6 is 12.0 Å². The van der Waals surface area contributed by atoms with Gasteiger partial charge in [-0.1, -0.05) is 30.4 Å². The second kappa shape index (κ2) is 9.98. The van der Waals surface area contributed by atoms with Gasteiger partial charge in [-0.2, -0.15) is 0 Å². The molecular weight excluding hydrogens is 382 g/mol. The van der Waals surface area contributed by atoms with Crippen LogP contribution in [-0.2, 0) is 4.79 Å². The Bertz CT molecular complexity index is 883. The van der Waals surface area contributed by atoms with Gasteiger partial charge in [-0.3, -0.25) is 9.79 Å². The highest BCUT2D eigenvalue weighted by Gasteiger charge is 2.23. The quantitative estimate of drug-likeness (QED) is 0.293. The molecule has 150 valence electrons. The van der Waals surface area contributed by atoms with Crippen LogP contribution in [-0.4, -0.2) is 43.7 Å². The second-order valence-electron chi connectivity index (χ2n) is 6.70. The largest absolute Gasteiger partial charge is 0.421 e. The molecule has 0 N–H and O–H groups in total. The van der Waals surface area contributed by atoms with Crippen molar-refractivity contribution in [3.05, 3.63) is 78.5 Å². The van der Waals surface area contributed by atoms with E-state index in [1.165, 1.54) is 17.6 Å². The third-order valence-electron chi connectivity index (χ3n) is 4.69. The van der Waals surface area contributed by atoms with Crippen molar-refractivity contribution in [3.63, 3.8) is 0 Å². The van der Waals surface area contributed by atoms with Crippen LogP contribution in [0.4, 0.5) is 5.69 Å². The van der Waals surface area contributed by atoms with Gasteiger partial charge in [0, 0.05) is 36.8 Å². The summed E-state index contributed by atoms with van der Waals surface area (Å²) in [6, 6.07) is 16.3. The third-order valence-corrected chi connectivity index (χ3v) is 5.43. The van der Waals surface area contributed by atoms with Gasteiger partial charge in [-0.15, -0.1) is 0 Å². The summed E-state index contributed by atoms with van der Waals surface area (Å²) in [6.45, 7) is 12.0. The van der Waals surface area contributed by atoms with Gasteiger partial charge < -0.3 is 14.0 Å². The monoisotopic (exact) mass is 407 g/mol. The molecule has 0 radical (unpaired) electrons. The average molecular weight is 408 g/mol. The van der Waals surface area contributed by atoms with E-state index in [2.05, 4.69) is 54.4 Å². The molecule has 0 spiro atoms. The predicted octanol–water partition coefficient (Wildman–Crippen LogP) is 4.50. The lowest BCUT2D eigenvalue weighted by atomic mass is 10.2. The van der Waals surface area contributed by atoms with Gasteiger partial charge in [0.2, 0.25) is 0 Å². The van der Waals surface area contributed by atoms with E-state index in [9.17, 15) is 4.79 Å². The first-order chi connectivity index (χ1) is 14.1. The maximum Gasteiger partial charge on any atom is 0.272 e. The van der Waals surface area contributed by atoms with E-state index < -0.39 is 0 Å². The highest BCUT2D eigenvalue weighted by molar-refractivity contribution is 7.95. The summed E-state index contributed by atoms with van der Waals surface area (Å²) in [5, 5.41) is 0. The number of allylic oxidation sites excluding steroid dienone is 2. The summed E-state index contributed by atoms with van der Waals surface area (Å²) in [6.07, 6.45) is 3.15. The first kappa shape index (κ1) is 20.7. The van der Waals surface area contributed by atoms with E-state index in [0.29, 0.717) is 18.8 Å². The molecule has 1 saturated heterocycles. The number of benzene rings is 2. The molecule has 1 amide bonds. The molecule has 0 unspecified atom stereocenters. The lowest BCUT2D eigenvalue weighted by molar-refractivity contribution is -0.127. The number of rotatable bonds is 7. The molecule has 0 bridgehead atoms. The molecule has 3 rings (SSSR count). The predicted molar refractivity (Wildman–Crippen MR) is 121 cm³/mol. The summed E-state index contributed by atoms with van der Waals surface area (Å²) in [5.74, 6) is 0.709. The number of hydrogen-bond donors (Lipinski definition) is 0. The van der Waals surface area contributed by atoms with Crippen LogP contribution < -0.4 is 9.08 Å². The Hall–Kier alpha value is -2.99. The van der Waals surface area contributed by atoms with Crippen LogP contribution in [0.3, 0.4) is 0 Å². The highest BCUT2D eigenvalue weighted by Crippen LogP contribution is 2.26. The number of aryl methyl sites for hydroxylation is 1. The fraction of sp³-hybridized carbons (Fsp3) is 0.217. The Kier molecular flexibility index (Phi) is 7.14. The fourth-order valence-electron chi connectivity index (χ4n) is 3.04. The summed E-state index contributed by atoms with van der Waals surface area (Å²) < 4.78 is 5.80. The van der Waals surface area contributed by atoms with Gasteiger partial charge in [0.05, 0.1) is 12.0 Å². The van der Waals surface area contributed by atoms with Crippen LogP contribution in [0.1, 0.15) is 5.56 Å². The van der Waals surface area contributed by atoms with Gasteiger partial charge in [-0.25, -0.2) is 0 Å². The van der Waals surface area contributed by atoms with E-state index >= 15 is 0 Å². The number of nitrogens with zero attached hydrogens (tertiary/aromatic N) is 3. The van der Waals surface area contributed by atoms with Crippen molar-refractivity contribution in [2.24, 2.45) is 4.99 Å². The molecular formula is C23H25N3O2S. The van der Waals surface area contributed by atoms with E-state index in [-0.39, 0.29) is 5.91 Å². The lowest BCUT2D eigenvalue weighted by Crippen LogP contribution is -2.49. The lowest BCUT2D eigenvalue weighted by Gasteiger charge is -2.36. The molecule has 1 fully saturated rings.